The second-order valence-electron chi connectivity index (χ2n) is 5.67. The van der Waals surface area contributed by atoms with Gasteiger partial charge in [-0.25, -0.2) is 0 Å². The standard InChI is InChI=1S/C16H22N2O2/c1-2-11-8-9-15(20-11)16(19)18-10-4-5-12-13(17)6-3-7-14(12)18/h3,6-7,11,15H,2,4-5,8-10,17H2,1H3. The molecule has 2 atom stereocenters. The van der Waals surface area contributed by atoms with E-state index in [9.17, 15) is 4.79 Å². The number of anilines is 2. The van der Waals surface area contributed by atoms with E-state index in [1.165, 1.54) is 0 Å². The second kappa shape index (κ2) is 5.44. The van der Waals surface area contributed by atoms with E-state index in [4.69, 9.17) is 10.5 Å². The van der Waals surface area contributed by atoms with Crippen LogP contribution in [0.25, 0.3) is 0 Å². The summed E-state index contributed by atoms with van der Waals surface area (Å²) in [6.45, 7) is 2.88. The minimum atomic E-state index is -0.271. The fourth-order valence-electron chi connectivity index (χ4n) is 3.24. The highest BCUT2D eigenvalue weighted by atomic mass is 16.5. The number of ether oxygens (including phenoxy) is 1. The van der Waals surface area contributed by atoms with Crippen LogP contribution >= 0.6 is 0 Å². The molecular formula is C16H22N2O2. The van der Waals surface area contributed by atoms with Gasteiger partial charge in [0.1, 0.15) is 6.10 Å². The fourth-order valence-corrected chi connectivity index (χ4v) is 3.24. The predicted molar refractivity (Wildman–Crippen MR) is 79.7 cm³/mol. The Morgan fingerprint density at radius 2 is 2.30 bits per heavy atom. The van der Waals surface area contributed by atoms with Crippen LogP contribution in [0.15, 0.2) is 18.2 Å². The minimum Gasteiger partial charge on any atom is -0.398 e. The Bertz CT molecular complexity index is 515. The lowest BCUT2D eigenvalue weighted by atomic mass is 9.99. The maximum absolute atomic E-state index is 12.7. The number of carbonyl (C=O) groups excluding carboxylic acids is 1. The molecule has 2 aliphatic heterocycles. The highest BCUT2D eigenvalue weighted by molar-refractivity contribution is 5.98. The van der Waals surface area contributed by atoms with E-state index >= 15 is 0 Å². The van der Waals surface area contributed by atoms with Crippen LogP contribution in [0.5, 0.6) is 0 Å². The van der Waals surface area contributed by atoms with E-state index < -0.39 is 0 Å². The first-order chi connectivity index (χ1) is 9.70. The fraction of sp³-hybridized carbons (Fsp3) is 0.562. The topological polar surface area (TPSA) is 55.6 Å². The average Bonchev–Trinajstić information content (AvgIpc) is 2.95. The molecule has 0 spiro atoms. The Kier molecular flexibility index (Phi) is 3.66. The summed E-state index contributed by atoms with van der Waals surface area (Å²) in [5, 5.41) is 0. The molecule has 2 N–H and O–H groups in total. The van der Waals surface area contributed by atoms with Gasteiger partial charge >= 0.3 is 0 Å². The van der Waals surface area contributed by atoms with Crippen LogP contribution in [0.3, 0.4) is 0 Å². The summed E-state index contributed by atoms with van der Waals surface area (Å²) in [5.41, 5.74) is 8.91. The van der Waals surface area contributed by atoms with Gasteiger partial charge in [-0.1, -0.05) is 13.0 Å². The summed E-state index contributed by atoms with van der Waals surface area (Å²) in [6, 6.07) is 5.82. The van der Waals surface area contributed by atoms with E-state index in [2.05, 4.69) is 6.92 Å². The van der Waals surface area contributed by atoms with Crippen LogP contribution in [-0.2, 0) is 16.0 Å². The van der Waals surface area contributed by atoms with Gasteiger partial charge in [0.25, 0.3) is 5.91 Å². The minimum absolute atomic E-state index is 0.104. The lowest BCUT2D eigenvalue weighted by Crippen LogP contribution is -2.42. The average molecular weight is 274 g/mol. The third-order valence-electron chi connectivity index (χ3n) is 4.39. The first-order valence-electron chi connectivity index (χ1n) is 7.55. The molecule has 1 fully saturated rings. The van der Waals surface area contributed by atoms with Crippen LogP contribution < -0.4 is 10.6 Å². The normalized spacial score (nSPS) is 25.6. The summed E-state index contributed by atoms with van der Waals surface area (Å²) >= 11 is 0. The third kappa shape index (κ3) is 2.29. The van der Waals surface area contributed by atoms with Crippen LogP contribution in [0.1, 0.15) is 38.2 Å². The molecule has 0 aromatic heterocycles. The molecule has 3 rings (SSSR count). The second-order valence-corrected chi connectivity index (χ2v) is 5.67. The third-order valence-corrected chi connectivity index (χ3v) is 4.39. The van der Waals surface area contributed by atoms with Crippen molar-refractivity contribution in [1.82, 2.24) is 0 Å². The molecule has 0 radical (unpaired) electrons. The van der Waals surface area contributed by atoms with Gasteiger partial charge in [0, 0.05) is 17.9 Å². The van der Waals surface area contributed by atoms with Crippen molar-refractivity contribution in [1.29, 1.82) is 0 Å². The van der Waals surface area contributed by atoms with Crippen molar-refractivity contribution in [2.75, 3.05) is 17.2 Å². The van der Waals surface area contributed by atoms with Gasteiger partial charge < -0.3 is 15.4 Å². The van der Waals surface area contributed by atoms with Gasteiger partial charge in [0.15, 0.2) is 0 Å². The van der Waals surface area contributed by atoms with Crippen LogP contribution in [0, 0.1) is 0 Å². The van der Waals surface area contributed by atoms with Gasteiger partial charge in [0.2, 0.25) is 0 Å². The Hall–Kier alpha value is -1.55. The molecule has 0 saturated carbocycles. The highest BCUT2D eigenvalue weighted by Gasteiger charge is 2.34. The molecule has 4 heteroatoms. The molecule has 108 valence electrons. The van der Waals surface area contributed by atoms with Crippen molar-refractivity contribution < 1.29 is 9.53 Å². The number of nitrogen functional groups attached to an aromatic ring is 1. The van der Waals surface area contributed by atoms with Crippen LogP contribution in [-0.4, -0.2) is 24.7 Å². The number of hydrogen-bond donors (Lipinski definition) is 1. The zero-order valence-electron chi connectivity index (χ0n) is 12.0. The van der Waals surface area contributed by atoms with Crippen LogP contribution in [0.4, 0.5) is 11.4 Å². The van der Waals surface area contributed by atoms with E-state index in [0.717, 1.165) is 55.6 Å². The molecular weight excluding hydrogens is 252 g/mol. The maximum atomic E-state index is 12.7. The lowest BCUT2D eigenvalue weighted by molar-refractivity contribution is -0.129. The van der Waals surface area contributed by atoms with Gasteiger partial charge in [-0.2, -0.15) is 0 Å². The Morgan fingerprint density at radius 1 is 1.45 bits per heavy atom. The van der Waals surface area contributed by atoms with Crippen molar-refractivity contribution in [3.05, 3.63) is 23.8 Å². The van der Waals surface area contributed by atoms with Gasteiger partial charge in [-0.3, -0.25) is 4.79 Å². The highest BCUT2D eigenvalue weighted by Crippen LogP contribution is 2.33. The van der Waals surface area contributed by atoms with Gasteiger partial charge in [0.05, 0.1) is 6.10 Å². The summed E-state index contributed by atoms with van der Waals surface area (Å²) in [6.07, 6.45) is 4.70. The Labute approximate surface area is 119 Å². The maximum Gasteiger partial charge on any atom is 0.256 e. The lowest BCUT2D eigenvalue weighted by Gasteiger charge is -2.32. The number of hydrogen-bond acceptors (Lipinski definition) is 3. The summed E-state index contributed by atoms with van der Waals surface area (Å²) in [4.78, 5) is 14.6. The van der Waals surface area contributed by atoms with Crippen molar-refractivity contribution in [3.8, 4) is 0 Å². The first-order valence-corrected chi connectivity index (χ1v) is 7.55. The van der Waals surface area contributed by atoms with E-state index in [-0.39, 0.29) is 18.1 Å². The van der Waals surface area contributed by atoms with Crippen molar-refractivity contribution in [2.45, 2.75) is 51.2 Å². The molecule has 4 nitrogen and oxygen atoms in total. The smallest absolute Gasteiger partial charge is 0.256 e. The molecule has 2 unspecified atom stereocenters. The largest absolute Gasteiger partial charge is 0.398 e. The number of nitrogens with two attached hydrogens (primary N) is 1. The van der Waals surface area contributed by atoms with E-state index in [1.807, 2.05) is 23.1 Å². The van der Waals surface area contributed by atoms with Crippen molar-refractivity contribution in [2.24, 2.45) is 0 Å². The molecule has 0 bridgehead atoms. The molecule has 1 amide bonds. The monoisotopic (exact) mass is 274 g/mol. The number of amides is 1. The number of nitrogens with zero attached hydrogens (tertiary/aromatic N) is 1. The molecule has 0 aliphatic carbocycles. The SMILES string of the molecule is CCC1CCC(C(=O)N2CCCc3c(N)cccc32)O1. The molecule has 2 heterocycles. The Morgan fingerprint density at radius 3 is 3.05 bits per heavy atom. The zero-order chi connectivity index (χ0) is 14.1. The first kappa shape index (κ1) is 13.4. The summed E-state index contributed by atoms with van der Waals surface area (Å²) in [7, 11) is 0. The molecule has 1 saturated heterocycles. The molecule has 1 aromatic carbocycles. The van der Waals surface area contributed by atoms with Crippen molar-refractivity contribution in [3.63, 3.8) is 0 Å². The summed E-state index contributed by atoms with van der Waals surface area (Å²) < 4.78 is 5.85. The van der Waals surface area contributed by atoms with Gasteiger partial charge in [-0.15, -0.1) is 0 Å². The molecule has 20 heavy (non-hydrogen) atoms. The molecule has 1 aromatic rings. The van der Waals surface area contributed by atoms with Gasteiger partial charge in [-0.05, 0) is 49.8 Å². The number of fused-ring (bicyclic) bond motifs is 1. The molecule has 2 aliphatic rings. The summed E-state index contributed by atoms with van der Waals surface area (Å²) in [5.74, 6) is 0.104. The quantitative estimate of drug-likeness (QED) is 0.843. The zero-order valence-corrected chi connectivity index (χ0v) is 12.0. The van der Waals surface area contributed by atoms with E-state index in [0.29, 0.717) is 0 Å². The van der Waals surface area contributed by atoms with E-state index in [1.54, 1.807) is 0 Å². The predicted octanol–water partition coefficient (Wildman–Crippen LogP) is 2.51. The Balaban J connectivity index is 1.82. The number of benzene rings is 1. The number of rotatable bonds is 2. The van der Waals surface area contributed by atoms with Crippen LogP contribution in [0.2, 0.25) is 0 Å². The van der Waals surface area contributed by atoms with Crippen molar-refractivity contribution >= 4 is 17.3 Å². The number of carbonyl (C=O) groups is 1.